The van der Waals surface area contributed by atoms with E-state index in [0.29, 0.717) is 22.6 Å². The number of hydrogen-bond donors (Lipinski definition) is 1. The summed E-state index contributed by atoms with van der Waals surface area (Å²) in [5, 5.41) is 8.83. The number of methoxy groups -OCH3 is 2. The highest BCUT2D eigenvalue weighted by atomic mass is 16.6. The molecule has 106 valence electrons. The average Bonchev–Trinajstić information content (AvgIpc) is 2.45. The Hall–Kier alpha value is -2.52. The van der Waals surface area contributed by atoms with Gasteiger partial charge in [-0.05, 0) is 23.3 Å². The molecule has 6 heteroatoms. The number of benzene rings is 1. The Balaban J connectivity index is 3.00. The zero-order chi connectivity index (χ0) is 15.0. The van der Waals surface area contributed by atoms with Gasteiger partial charge in [0.25, 0.3) is 0 Å². The number of nitriles is 1. The van der Waals surface area contributed by atoms with Crippen LogP contribution in [0.2, 0.25) is 0 Å². The molecule has 1 amide bonds. The quantitative estimate of drug-likeness (QED) is 0.631. The molecule has 1 N–H and O–H groups in total. The fourth-order valence-electron chi connectivity index (χ4n) is 1.49. The topological polar surface area (TPSA) is 80.6 Å². The molecule has 0 aliphatic heterocycles. The van der Waals surface area contributed by atoms with E-state index in [4.69, 9.17) is 19.6 Å². The monoisotopic (exact) mass is 276 g/mol. The van der Waals surface area contributed by atoms with Gasteiger partial charge in [0.2, 0.25) is 5.91 Å². The van der Waals surface area contributed by atoms with Gasteiger partial charge in [-0.25, -0.2) is 5.48 Å². The molecule has 0 saturated heterocycles. The lowest BCUT2D eigenvalue weighted by Gasteiger charge is -2.11. The molecular formula is C14H16N2O4. The van der Waals surface area contributed by atoms with Crippen molar-refractivity contribution in [2.45, 2.75) is 6.92 Å². The van der Waals surface area contributed by atoms with Crippen LogP contribution < -0.4 is 15.0 Å². The maximum absolute atomic E-state index is 10.8. The fourth-order valence-corrected chi connectivity index (χ4v) is 1.49. The molecule has 0 aliphatic carbocycles. The van der Waals surface area contributed by atoms with Crippen molar-refractivity contribution in [3.63, 3.8) is 0 Å². The van der Waals surface area contributed by atoms with Crippen molar-refractivity contribution >= 4 is 11.5 Å². The summed E-state index contributed by atoms with van der Waals surface area (Å²) in [5.41, 5.74) is 3.52. The molecule has 1 aromatic carbocycles. The largest absolute Gasteiger partial charge is 0.497 e. The Kier molecular flexibility index (Phi) is 6.07. The van der Waals surface area contributed by atoms with Gasteiger partial charge >= 0.3 is 0 Å². The number of ether oxygens (including phenoxy) is 2. The van der Waals surface area contributed by atoms with E-state index in [1.165, 1.54) is 13.0 Å². The van der Waals surface area contributed by atoms with Crippen LogP contribution in [0.4, 0.5) is 0 Å². The van der Waals surface area contributed by atoms with Crippen LogP contribution in [0.25, 0.3) is 5.57 Å². The van der Waals surface area contributed by atoms with Gasteiger partial charge in [-0.2, -0.15) is 5.26 Å². The molecule has 0 heterocycles. The van der Waals surface area contributed by atoms with Crippen LogP contribution in [-0.4, -0.2) is 26.7 Å². The third-order valence-electron chi connectivity index (χ3n) is 2.40. The van der Waals surface area contributed by atoms with Crippen molar-refractivity contribution in [1.29, 1.82) is 5.26 Å². The van der Waals surface area contributed by atoms with Crippen LogP contribution in [0.3, 0.4) is 0 Å². The van der Waals surface area contributed by atoms with E-state index < -0.39 is 0 Å². The van der Waals surface area contributed by atoms with Crippen molar-refractivity contribution in [3.8, 4) is 17.6 Å². The first-order valence-electron chi connectivity index (χ1n) is 5.81. The Labute approximate surface area is 117 Å². The predicted octanol–water partition coefficient (Wildman–Crippen LogP) is 1.68. The van der Waals surface area contributed by atoms with E-state index in [1.807, 2.05) is 6.07 Å². The molecule has 1 rings (SSSR count). The molecule has 0 spiro atoms. The number of allylic oxidation sites excluding steroid dienone is 1. The summed E-state index contributed by atoms with van der Waals surface area (Å²) in [6.45, 7) is 1.39. The predicted molar refractivity (Wildman–Crippen MR) is 72.9 cm³/mol. The number of amides is 1. The summed E-state index contributed by atoms with van der Waals surface area (Å²) in [4.78, 5) is 15.8. The van der Waals surface area contributed by atoms with Crippen LogP contribution in [0.5, 0.6) is 11.5 Å². The molecule has 0 bridgehead atoms. The molecule has 0 aromatic heterocycles. The Bertz CT molecular complexity index is 524. The molecule has 0 radical (unpaired) electrons. The summed E-state index contributed by atoms with van der Waals surface area (Å²) in [6.07, 6.45) is 1.34. The highest BCUT2D eigenvalue weighted by Crippen LogP contribution is 2.27. The van der Waals surface area contributed by atoms with E-state index in [0.717, 1.165) is 0 Å². The molecule has 0 atom stereocenters. The number of nitrogens with zero attached hydrogens (tertiary/aromatic N) is 1. The number of nitrogens with one attached hydrogen (secondary N) is 1. The van der Waals surface area contributed by atoms with E-state index in [2.05, 4.69) is 5.48 Å². The van der Waals surface area contributed by atoms with Crippen molar-refractivity contribution in [3.05, 3.63) is 29.8 Å². The second-order valence-electron chi connectivity index (χ2n) is 3.85. The van der Waals surface area contributed by atoms with Gasteiger partial charge in [0.15, 0.2) is 0 Å². The van der Waals surface area contributed by atoms with E-state index in [-0.39, 0.29) is 12.5 Å². The Morgan fingerprint density at radius 1 is 1.30 bits per heavy atom. The molecule has 6 nitrogen and oxygen atoms in total. The van der Waals surface area contributed by atoms with Gasteiger partial charge in [0, 0.05) is 19.1 Å². The van der Waals surface area contributed by atoms with Crippen LogP contribution in [-0.2, 0) is 9.63 Å². The molecule has 20 heavy (non-hydrogen) atoms. The summed E-state index contributed by atoms with van der Waals surface area (Å²) in [5.74, 6) is 0.884. The maximum atomic E-state index is 10.8. The maximum Gasteiger partial charge on any atom is 0.240 e. The van der Waals surface area contributed by atoms with Gasteiger partial charge in [-0.3, -0.25) is 9.63 Å². The Morgan fingerprint density at radius 2 is 1.90 bits per heavy atom. The highest BCUT2D eigenvalue weighted by molar-refractivity contribution is 5.73. The first-order valence-corrected chi connectivity index (χ1v) is 5.81. The number of hydrogen-bond acceptors (Lipinski definition) is 5. The lowest BCUT2D eigenvalue weighted by molar-refractivity contribution is -0.130. The molecule has 0 fully saturated rings. The van der Waals surface area contributed by atoms with Crippen molar-refractivity contribution < 1.29 is 19.1 Å². The number of carbonyl (C=O) groups is 1. The van der Waals surface area contributed by atoms with Crippen molar-refractivity contribution in [2.75, 3.05) is 20.8 Å². The molecular weight excluding hydrogens is 260 g/mol. The lowest BCUT2D eigenvalue weighted by atomic mass is 10.1. The van der Waals surface area contributed by atoms with E-state index in [9.17, 15) is 4.79 Å². The summed E-state index contributed by atoms with van der Waals surface area (Å²) >= 11 is 0. The normalized spacial score (nSPS) is 10.6. The third kappa shape index (κ3) is 4.63. The van der Waals surface area contributed by atoms with Crippen LogP contribution in [0.15, 0.2) is 24.3 Å². The fraction of sp³-hybridized carbons (Fsp3) is 0.286. The van der Waals surface area contributed by atoms with Gasteiger partial charge in [-0.1, -0.05) is 0 Å². The lowest BCUT2D eigenvalue weighted by Crippen LogP contribution is -2.21. The average molecular weight is 276 g/mol. The van der Waals surface area contributed by atoms with Gasteiger partial charge < -0.3 is 9.47 Å². The zero-order valence-corrected chi connectivity index (χ0v) is 11.6. The minimum Gasteiger partial charge on any atom is -0.497 e. The highest BCUT2D eigenvalue weighted by Gasteiger charge is 2.08. The molecule has 0 aliphatic rings. The van der Waals surface area contributed by atoms with Crippen LogP contribution in [0.1, 0.15) is 12.5 Å². The number of hydroxylamine groups is 1. The van der Waals surface area contributed by atoms with Gasteiger partial charge in [0.05, 0.1) is 20.3 Å². The summed E-state index contributed by atoms with van der Waals surface area (Å²) < 4.78 is 10.3. The second-order valence-corrected chi connectivity index (χ2v) is 3.85. The first-order chi connectivity index (χ1) is 9.60. The molecule has 1 aromatic rings. The van der Waals surface area contributed by atoms with Crippen LogP contribution >= 0.6 is 0 Å². The van der Waals surface area contributed by atoms with Gasteiger partial charge in [-0.15, -0.1) is 0 Å². The minimum atomic E-state index is -0.315. The van der Waals surface area contributed by atoms with E-state index in [1.54, 1.807) is 32.4 Å². The number of carbonyl (C=O) groups excluding carboxylic acids is 1. The van der Waals surface area contributed by atoms with Gasteiger partial charge in [0.1, 0.15) is 18.1 Å². The smallest absolute Gasteiger partial charge is 0.240 e. The molecule has 0 unspecified atom stereocenters. The minimum absolute atomic E-state index is 0.0590. The van der Waals surface area contributed by atoms with Crippen molar-refractivity contribution in [2.24, 2.45) is 0 Å². The summed E-state index contributed by atoms with van der Waals surface area (Å²) in [7, 11) is 3.08. The number of rotatable bonds is 6. The third-order valence-corrected chi connectivity index (χ3v) is 2.40. The van der Waals surface area contributed by atoms with E-state index >= 15 is 0 Å². The SMILES string of the molecule is COc1cc(OC)cc(/C(=C/C#N)CONC(C)=O)c1. The summed E-state index contributed by atoms with van der Waals surface area (Å²) in [6, 6.07) is 7.17. The van der Waals surface area contributed by atoms with Crippen LogP contribution in [0, 0.1) is 11.3 Å². The molecule has 0 saturated carbocycles. The van der Waals surface area contributed by atoms with Crippen molar-refractivity contribution in [1.82, 2.24) is 5.48 Å². The standard InChI is InChI=1S/C14H16N2O4/c1-10(17)16-20-9-11(4-5-15)12-6-13(18-2)8-14(7-12)19-3/h4,6-8H,9H2,1-3H3,(H,16,17)/b11-4+. The first kappa shape index (κ1) is 15.5. The second kappa shape index (κ2) is 7.81. The zero-order valence-electron chi connectivity index (χ0n) is 11.6. The Morgan fingerprint density at radius 3 is 2.35 bits per heavy atom.